The summed E-state index contributed by atoms with van der Waals surface area (Å²) >= 11 is 0. The van der Waals surface area contributed by atoms with E-state index >= 15 is 0 Å². The van der Waals surface area contributed by atoms with Crippen LogP contribution in [0.2, 0.25) is 0 Å². The number of benzene rings is 3. The summed E-state index contributed by atoms with van der Waals surface area (Å²) in [7, 11) is 1.50. The maximum Gasteiger partial charge on any atom is 0.335 e. The van der Waals surface area contributed by atoms with Gasteiger partial charge in [-0.3, -0.25) is 0 Å². The lowest BCUT2D eigenvalue weighted by Crippen LogP contribution is -2.55. The van der Waals surface area contributed by atoms with Crippen molar-refractivity contribution in [3.05, 3.63) is 83.4 Å². The molecule has 0 aliphatic carbocycles. The van der Waals surface area contributed by atoms with Crippen molar-refractivity contribution in [3.8, 4) is 11.5 Å². The van der Waals surface area contributed by atoms with Gasteiger partial charge < -0.3 is 30.9 Å². The number of quaternary nitrogens is 1. The molecule has 2 unspecified atom stereocenters. The molecule has 1 aliphatic rings. The highest BCUT2D eigenvalue weighted by Gasteiger charge is 2.44. The van der Waals surface area contributed by atoms with Crippen LogP contribution in [-0.2, 0) is 11.2 Å². The number of nitrogens with two attached hydrogens (primary N) is 1. The van der Waals surface area contributed by atoms with Crippen molar-refractivity contribution in [1.29, 1.82) is 0 Å². The van der Waals surface area contributed by atoms with Crippen molar-refractivity contribution in [1.82, 2.24) is 0 Å². The molecule has 0 aromatic heterocycles. The number of aromatic carboxylic acids is 1. The number of urea groups is 1. The molecule has 0 bridgehead atoms. The number of likely N-dealkylation sites (tertiary alicyclic amines) is 1. The molecule has 39 heavy (non-hydrogen) atoms. The van der Waals surface area contributed by atoms with Crippen molar-refractivity contribution >= 4 is 29.3 Å². The second-order valence-electron chi connectivity index (χ2n) is 9.70. The molecule has 3 aromatic carbocycles. The summed E-state index contributed by atoms with van der Waals surface area (Å²) in [5.41, 5.74) is 9.18. The molecule has 4 rings (SSSR count). The van der Waals surface area contributed by atoms with Gasteiger partial charge in [-0.15, -0.1) is 0 Å². The van der Waals surface area contributed by atoms with Gasteiger partial charge in [0.05, 0.1) is 37.4 Å². The highest BCUT2D eigenvalue weighted by atomic mass is 16.5. The Morgan fingerprint density at radius 1 is 1.03 bits per heavy atom. The van der Waals surface area contributed by atoms with Crippen molar-refractivity contribution in [3.63, 3.8) is 0 Å². The van der Waals surface area contributed by atoms with E-state index in [0.29, 0.717) is 42.4 Å². The predicted octanol–water partition coefficient (Wildman–Crippen LogP) is 4.00. The Labute approximate surface area is 226 Å². The molecular formula is C29H33N4O6+. The molecule has 3 aromatic rings. The number of para-hydroxylation sites is 1. The third kappa shape index (κ3) is 6.73. The maximum absolute atomic E-state index is 13.6. The van der Waals surface area contributed by atoms with Gasteiger partial charge in [-0.25, -0.2) is 18.9 Å². The molecule has 1 saturated heterocycles. The molecule has 1 fully saturated rings. The standard InChI is InChI=1S/C29H32N4O6/c1-19-5-3-4-6-24(19)31-29(37)32-25-12-7-20(15-26(25)38-2)16-27(34)33(14-13-22(30)17-33)18-39-23-10-8-21(9-11-23)28(35)36/h3-12,15,22H,13-14,16-18,30H2,1-2H3,(H2-,31,32,35,36,37)/p+1. The summed E-state index contributed by atoms with van der Waals surface area (Å²) < 4.78 is 11.5. The van der Waals surface area contributed by atoms with Crippen molar-refractivity contribution in [2.75, 3.05) is 37.6 Å². The van der Waals surface area contributed by atoms with E-state index in [1.807, 2.05) is 31.2 Å². The molecule has 204 valence electrons. The van der Waals surface area contributed by atoms with Crippen LogP contribution < -0.4 is 25.8 Å². The lowest BCUT2D eigenvalue weighted by Gasteiger charge is -2.31. The number of carbonyl (C=O) groups excluding carboxylic acids is 2. The van der Waals surface area contributed by atoms with Gasteiger partial charge in [-0.05, 0) is 60.5 Å². The Hall–Kier alpha value is -4.41. The van der Waals surface area contributed by atoms with E-state index in [-0.39, 0.29) is 35.1 Å². The van der Waals surface area contributed by atoms with Crippen LogP contribution in [0.25, 0.3) is 0 Å². The molecule has 10 heteroatoms. The second kappa shape index (κ2) is 12.0. The number of aryl methyl sites for hydroxylation is 1. The van der Waals surface area contributed by atoms with Crippen LogP contribution in [0.4, 0.5) is 16.2 Å². The molecule has 1 aliphatic heterocycles. The van der Waals surface area contributed by atoms with E-state index in [9.17, 15) is 14.4 Å². The quantitative estimate of drug-likeness (QED) is 0.305. The number of methoxy groups -OCH3 is 1. The molecule has 5 N–H and O–H groups in total. The fourth-order valence-corrected chi connectivity index (χ4v) is 4.63. The summed E-state index contributed by atoms with van der Waals surface area (Å²) in [4.78, 5) is 37.2. The van der Waals surface area contributed by atoms with Crippen molar-refractivity contribution in [2.24, 2.45) is 5.73 Å². The van der Waals surface area contributed by atoms with E-state index in [1.165, 1.54) is 19.2 Å². The fourth-order valence-electron chi connectivity index (χ4n) is 4.63. The van der Waals surface area contributed by atoms with E-state index in [2.05, 4.69) is 10.6 Å². The highest BCUT2D eigenvalue weighted by molar-refractivity contribution is 6.01. The number of hydrogen-bond donors (Lipinski definition) is 4. The Kier molecular flexibility index (Phi) is 8.48. The molecule has 2 atom stereocenters. The van der Waals surface area contributed by atoms with Crippen molar-refractivity contribution in [2.45, 2.75) is 25.8 Å². The molecule has 10 nitrogen and oxygen atoms in total. The van der Waals surface area contributed by atoms with Gasteiger partial charge in [0.2, 0.25) is 6.73 Å². The summed E-state index contributed by atoms with van der Waals surface area (Å²) in [6.45, 7) is 2.99. The zero-order valence-corrected chi connectivity index (χ0v) is 22.0. The zero-order valence-electron chi connectivity index (χ0n) is 22.0. The van der Waals surface area contributed by atoms with Gasteiger partial charge in [0.1, 0.15) is 18.0 Å². The van der Waals surface area contributed by atoms with Crippen LogP contribution >= 0.6 is 0 Å². The average molecular weight is 534 g/mol. The largest absolute Gasteiger partial charge is 0.495 e. The number of nitrogens with one attached hydrogen (secondary N) is 2. The van der Waals surface area contributed by atoms with E-state index in [0.717, 1.165) is 11.1 Å². The molecular weight excluding hydrogens is 500 g/mol. The van der Waals surface area contributed by atoms with Gasteiger partial charge in [0.15, 0.2) is 0 Å². The number of carboxylic acid groups (broad SMARTS) is 1. The van der Waals surface area contributed by atoms with Gasteiger partial charge in [0, 0.05) is 12.1 Å². The first-order valence-corrected chi connectivity index (χ1v) is 12.6. The molecule has 0 radical (unpaired) electrons. The summed E-state index contributed by atoms with van der Waals surface area (Å²) in [6, 6.07) is 18.2. The van der Waals surface area contributed by atoms with Crippen LogP contribution in [-0.4, -0.2) is 60.5 Å². The molecule has 0 spiro atoms. The van der Waals surface area contributed by atoms with E-state index in [1.54, 1.807) is 30.3 Å². The van der Waals surface area contributed by atoms with Crippen molar-refractivity contribution < 1.29 is 33.4 Å². The lowest BCUT2D eigenvalue weighted by molar-refractivity contribution is -0.859. The van der Waals surface area contributed by atoms with Gasteiger partial charge in [-0.1, -0.05) is 24.3 Å². The average Bonchev–Trinajstić information content (AvgIpc) is 3.31. The highest BCUT2D eigenvalue weighted by Crippen LogP contribution is 2.28. The van der Waals surface area contributed by atoms with Crippen LogP contribution in [0.1, 0.15) is 27.9 Å². The number of rotatable bonds is 9. The number of nitrogens with zero attached hydrogens (tertiary/aromatic N) is 1. The Morgan fingerprint density at radius 2 is 1.74 bits per heavy atom. The number of amides is 3. The lowest BCUT2D eigenvalue weighted by atomic mass is 10.1. The first kappa shape index (κ1) is 27.6. The molecule has 0 saturated carbocycles. The van der Waals surface area contributed by atoms with Crippen LogP contribution in [0.3, 0.4) is 0 Å². The number of hydrogen-bond acceptors (Lipinski definition) is 6. The maximum atomic E-state index is 13.6. The number of ether oxygens (including phenoxy) is 2. The Bertz CT molecular complexity index is 1360. The Morgan fingerprint density at radius 3 is 2.38 bits per heavy atom. The van der Waals surface area contributed by atoms with Gasteiger partial charge in [-0.2, -0.15) is 0 Å². The normalized spacial score (nSPS) is 18.3. The predicted molar refractivity (Wildman–Crippen MR) is 147 cm³/mol. The van der Waals surface area contributed by atoms with Gasteiger partial charge >= 0.3 is 17.9 Å². The number of carbonyl (C=O) groups is 3. The summed E-state index contributed by atoms with van der Waals surface area (Å²) in [6.07, 6.45) is 0.815. The summed E-state index contributed by atoms with van der Waals surface area (Å²) in [5.74, 6) is -0.161. The Balaban J connectivity index is 1.44. The van der Waals surface area contributed by atoms with Crippen LogP contribution in [0.5, 0.6) is 11.5 Å². The van der Waals surface area contributed by atoms with Gasteiger partial charge in [0.25, 0.3) is 0 Å². The minimum atomic E-state index is -1.02. The fraction of sp³-hybridized carbons (Fsp3) is 0.276. The number of carboxylic acids is 1. The SMILES string of the molecule is COc1cc(CC(=O)[N+]2(COc3ccc(C(=O)O)cc3)CCC(N)C2)ccc1NC(=O)Nc1ccccc1C. The number of anilines is 2. The zero-order chi connectivity index (χ0) is 28.0. The second-order valence-corrected chi connectivity index (χ2v) is 9.70. The van der Waals surface area contributed by atoms with Crippen LogP contribution in [0.15, 0.2) is 66.7 Å². The minimum Gasteiger partial charge on any atom is -0.495 e. The topological polar surface area (TPSA) is 140 Å². The third-order valence-corrected chi connectivity index (χ3v) is 6.88. The smallest absolute Gasteiger partial charge is 0.335 e. The third-order valence-electron chi connectivity index (χ3n) is 6.88. The summed E-state index contributed by atoms with van der Waals surface area (Å²) in [5, 5.41) is 14.7. The minimum absolute atomic E-state index is 0.0508. The first-order chi connectivity index (χ1) is 18.7. The molecule has 1 heterocycles. The van der Waals surface area contributed by atoms with E-state index in [4.69, 9.17) is 20.3 Å². The van der Waals surface area contributed by atoms with E-state index < -0.39 is 12.0 Å². The van der Waals surface area contributed by atoms with Crippen LogP contribution in [0, 0.1) is 6.92 Å². The first-order valence-electron chi connectivity index (χ1n) is 12.6. The monoisotopic (exact) mass is 533 g/mol. The molecule has 3 amide bonds.